The Kier molecular flexibility index (Phi) is 4.03. The van der Waals surface area contributed by atoms with E-state index in [2.05, 4.69) is 39.7 Å². The quantitative estimate of drug-likeness (QED) is 0.760. The molecule has 0 fully saturated rings. The number of anilines is 1. The molecular formula is C15H16ClN5. The van der Waals surface area contributed by atoms with Crippen LogP contribution in [0.25, 0.3) is 5.65 Å². The molecule has 5 nitrogen and oxygen atoms in total. The van der Waals surface area contributed by atoms with Crippen LogP contribution in [0.1, 0.15) is 11.1 Å². The van der Waals surface area contributed by atoms with Gasteiger partial charge in [-0.15, -0.1) is 5.10 Å². The van der Waals surface area contributed by atoms with Crippen LogP contribution in [0.2, 0.25) is 5.02 Å². The number of nitrogens with two attached hydrogens (primary N) is 1. The van der Waals surface area contributed by atoms with E-state index in [4.69, 9.17) is 17.3 Å². The minimum absolute atomic E-state index is 0.586. The second kappa shape index (κ2) is 6.11. The van der Waals surface area contributed by atoms with Gasteiger partial charge in [0.15, 0.2) is 5.65 Å². The van der Waals surface area contributed by atoms with Crippen LogP contribution >= 0.6 is 11.6 Å². The summed E-state index contributed by atoms with van der Waals surface area (Å²) in [6, 6.07) is 12.0. The fourth-order valence-corrected chi connectivity index (χ4v) is 2.26. The van der Waals surface area contributed by atoms with Gasteiger partial charge in [-0.3, -0.25) is 0 Å². The summed E-state index contributed by atoms with van der Waals surface area (Å²) in [7, 11) is 0. The molecule has 0 bridgehead atoms. The number of benzene rings is 1. The lowest BCUT2D eigenvalue weighted by atomic mass is 10.1. The first-order valence-electron chi connectivity index (χ1n) is 6.78. The Morgan fingerprint density at radius 1 is 1.10 bits per heavy atom. The highest BCUT2D eigenvalue weighted by atomic mass is 35.5. The molecule has 0 aliphatic carbocycles. The van der Waals surface area contributed by atoms with Crippen LogP contribution in [0.3, 0.4) is 0 Å². The molecule has 0 saturated carbocycles. The standard InChI is InChI=1S/C15H16ClN5/c16-13-5-6-14-19-15(20-21(14)10-13)18-9-12-3-1-11(2-4-12)7-8-17/h1-6,10H,7-9,17H2,(H,18,20). The molecule has 108 valence electrons. The Balaban J connectivity index is 1.68. The molecule has 3 aromatic rings. The molecule has 0 spiro atoms. The monoisotopic (exact) mass is 301 g/mol. The largest absolute Gasteiger partial charge is 0.349 e. The number of nitrogens with zero attached hydrogens (tertiary/aromatic N) is 3. The minimum Gasteiger partial charge on any atom is -0.349 e. The molecule has 0 atom stereocenters. The van der Waals surface area contributed by atoms with Gasteiger partial charge in [-0.2, -0.15) is 4.98 Å². The van der Waals surface area contributed by atoms with Gasteiger partial charge in [-0.25, -0.2) is 4.52 Å². The van der Waals surface area contributed by atoms with Gasteiger partial charge in [-0.05, 0) is 36.2 Å². The molecule has 0 aliphatic heterocycles. The lowest BCUT2D eigenvalue weighted by Gasteiger charge is -2.04. The number of fused-ring (bicyclic) bond motifs is 1. The van der Waals surface area contributed by atoms with Crippen molar-refractivity contribution in [3.8, 4) is 0 Å². The van der Waals surface area contributed by atoms with Crippen LogP contribution in [0, 0.1) is 0 Å². The predicted octanol–water partition coefficient (Wildman–Crippen LogP) is 2.50. The zero-order valence-corrected chi connectivity index (χ0v) is 12.2. The van der Waals surface area contributed by atoms with Crippen LogP contribution < -0.4 is 11.1 Å². The summed E-state index contributed by atoms with van der Waals surface area (Å²) in [5.41, 5.74) is 8.73. The van der Waals surface area contributed by atoms with Gasteiger partial charge in [0.25, 0.3) is 0 Å². The maximum Gasteiger partial charge on any atom is 0.243 e. The maximum atomic E-state index is 5.92. The van der Waals surface area contributed by atoms with E-state index in [1.165, 1.54) is 11.1 Å². The van der Waals surface area contributed by atoms with Crippen molar-refractivity contribution < 1.29 is 0 Å². The van der Waals surface area contributed by atoms with Crippen LogP contribution in [0.5, 0.6) is 0 Å². The minimum atomic E-state index is 0.586. The first-order chi connectivity index (χ1) is 10.2. The SMILES string of the molecule is NCCc1ccc(CNc2nc3ccc(Cl)cn3n2)cc1. The summed E-state index contributed by atoms with van der Waals surface area (Å²) in [5, 5.41) is 8.17. The molecule has 6 heteroatoms. The van der Waals surface area contributed by atoms with E-state index in [1.54, 1.807) is 16.8 Å². The van der Waals surface area contributed by atoms with E-state index in [-0.39, 0.29) is 0 Å². The first-order valence-corrected chi connectivity index (χ1v) is 7.16. The van der Waals surface area contributed by atoms with Crippen molar-refractivity contribution in [2.24, 2.45) is 5.73 Å². The summed E-state index contributed by atoms with van der Waals surface area (Å²) in [6.45, 7) is 1.35. The van der Waals surface area contributed by atoms with E-state index >= 15 is 0 Å². The van der Waals surface area contributed by atoms with Gasteiger partial charge >= 0.3 is 0 Å². The summed E-state index contributed by atoms with van der Waals surface area (Å²) in [5.74, 6) is 0.586. The van der Waals surface area contributed by atoms with Crippen molar-refractivity contribution in [2.75, 3.05) is 11.9 Å². The summed E-state index contributed by atoms with van der Waals surface area (Å²) < 4.78 is 1.66. The van der Waals surface area contributed by atoms with Gasteiger partial charge in [0.1, 0.15) is 0 Å². The normalized spacial score (nSPS) is 11.0. The molecule has 0 amide bonds. The maximum absolute atomic E-state index is 5.92. The lowest BCUT2D eigenvalue weighted by Crippen LogP contribution is -2.04. The Morgan fingerprint density at radius 2 is 1.86 bits per heavy atom. The highest BCUT2D eigenvalue weighted by molar-refractivity contribution is 6.30. The van der Waals surface area contributed by atoms with Crippen LogP contribution in [-0.2, 0) is 13.0 Å². The lowest BCUT2D eigenvalue weighted by molar-refractivity contribution is 0.948. The predicted molar refractivity (Wildman–Crippen MR) is 84.5 cm³/mol. The Bertz CT molecular complexity index is 735. The molecule has 0 aliphatic rings. The first kappa shape index (κ1) is 13.9. The van der Waals surface area contributed by atoms with Crippen LogP contribution in [0.15, 0.2) is 42.6 Å². The topological polar surface area (TPSA) is 68.2 Å². The molecule has 2 heterocycles. The number of nitrogens with one attached hydrogen (secondary N) is 1. The molecular weight excluding hydrogens is 286 g/mol. The summed E-state index contributed by atoms with van der Waals surface area (Å²) in [4.78, 5) is 4.38. The van der Waals surface area contributed by atoms with Crippen LogP contribution in [-0.4, -0.2) is 21.1 Å². The van der Waals surface area contributed by atoms with E-state index in [1.807, 2.05) is 6.07 Å². The average molecular weight is 302 g/mol. The van der Waals surface area contributed by atoms with Gasteiger partial charge < -0.3 is 11.1 Å². The summed E-state index contributed by atoms with van der Waals surface area (Å²) in [6.07, 6.45) is 2.64. The molecule has 0 saturated heterocycles. The molecule has 0 radical (unpaired) electrons. The molecule has 2 aromatic heterocycles. The van der Waals surface area contributed by atoms with Gasteiger partial charge in [0.2, 0.25) is 5.95 Å². The van der Waals surface area contributed by atoms with Gasteiger partial charge in [-0.1, -0.05) is 35.9 Å². The van der Waals surface area contributed by atoms with E-state index in [0.29, 0.717) is 24.1 Å². The number of aromatic nitrogens is 3. The molecule has 3 N–H and O–H groups in total. The van der Waals surface area contributed by atoms with E-state index in [0.717, 1.165) is 12.1 Å². The van der Waals surface area contributed by atoms with Crippen molar-refractivity contribution in [3.63, 3.8) is 0 Å². The Hall–Kier alpha value is -2.11. The molecule has 1 aromatic carbocycles. The number of hydrogen-bond acceptors (Lipinski definition) is 4. The molecule has 21 heavy (non-hydrogen) atoms. The van der Waals surface area contributed by atoms with Crippen molar-refractivity contribution in [1.82, 2.24) is 14.6 Å². The Labute approximate surface area is 127 Å². The average Bonchev–Trinajstić information content (AvgIpc) is 2.89. The van der Waals surface area contributed by atoms with Crippen molar-refractivity contribution in [2.45, 2.75) is 13.0 Å². The third kappa shape index (κ3) is 3.32. The fourth-order valence-electron chi connectivity index (χ4n) is 2.10. The Morgan fingerprint density at radius 3 is 2.62 bits per heavy atom. The summed E-state index contributed by atoms with van der Waals surface area (Å²) >= 11 is 5.92. The van der Waals surface area contributed by atoms with Gasteiger partial charge in [0, 0.05) is 12.7 Å². The van der Waals surface area contributed by atoms with Crippen LogP contribution in [0.4, 0.5) is 5.95 Å². The fraction of sp³-hybridized carbons (Fsp3) is 0.200. The second-order valence-electron chi connectivity index (χ2n) is 4.79. The number of halogens is 1. The number of hydrogen-bond donors (Lipinski definition) is 2. The zero-order valence-electron chi connectivity index (χ0n) is 11.5. The highest BCUT2D eigenvalue weighted by Crippen LogP contribution is 2.12. The van der Waals surface area contributed by atoms with E-state index < -0.39 is 0 Å². The number of pyridine rings is 1. The smallest absolute Gasteiger partial charge is 0.243 e. The van der Waals surface area contributed by atoms with Crippen molar-refractivity contribution in [1.29, 1.82) is 0 Å². The third-order valence-corrected chi connectivity index (χ3v) is 3.43. The third-order valence-electron chi connectivity index (χ3n) is 3.20. The van der Waals surface area contributed by atoms with Crippen molar-refractivity contribution >= 4 is 23.2 Å². The molecule has 3 rings (SSSR count). The number of rotatable bonds is 5. The second-order valence-corrected chi connectivity index (χ2v) is 5.23. The van der Waals surface area contributed by atoms with Crippen molar-refractivity contribution in [3.05, 3.63) is 58.7 Å². The highest BCUT2D eigenvalue weighted by Gasteiger charge is 2.03. The zero-order chi connectivity index (χ0) is 14.7. The van der Waals surface area contributed by atoms with Gasteiger partial charge in [0.05, 0.1) is 5.02 Å². The van der Waals surface area contributed by atoms with E-state index in [9.17, 15) is 0 Å². The molecule has 0 unspecified atom stereocenters.